The van der Waals surface area contributed by atoms with Crippen LogP contribution in [0.4, 0.5) is 4.79 Å². The van der Waals surface area contributed by atoms with Gasteiger partial charge in [-0.2, -0.15) is 5.26 Å². The third-order valence-corrected chi connectivity index (χ3v) is 4.79. The summed E-state index contributed by atoms with van der Waals surface area (Å²) < 4.78 is 0. The minimum absolute atomic E-state index is 0.149. The fourth-order valence-electron chi connectivity index (χ4n) is 2.74. The van der Waals surface area contributed by atoms with Crippen LogP contribution in [0.1, 0.15) is 35.9 Å². The fraction of sp³-hybridized carbons (Fsp3) is 0.312. The van der Waals surface area contributed by atoms with Crippen molar-refractivity contribution in [2.75, 3.05) is 6.54 Å². The van der Waals surface area contributed by atoms with Crippen LogP contribution < -0.4 is 0 Å². The monoisotopic (exact) mass is 313 g/mol. The summed E-state index contributed by atoms with van der Waals surface area (Å²) in [6.07, 6.45) is 1.86. The summed E-state index contributed by atoms with van der Waals surface area (Å²) in [5.41, 5.74) is 2.28. The number of hydrogen-bond acceptors (Lipinski definition) is 4. The van der Waals surface area contributed by atoms with Crippen molar-refractivity contribution in [2.24, 2.45) is 0 Å². The van der Waals surface area contributed by atoms with E-state index in [0.29, 0.717) is 12.1 Å². The lowest BCUT2D eigenvalue weighted by atomic mass is 10.0. The van der Waals surface area contributed by atoms with Gasteiger partial charge in [-0.05, 0) is 31.4 Å². The molecule has 2 heterocycles. The highest BCUT2D eigenvalue weighted by molar-refractivity contribution is 7.10. The van der Waals surface area contributed by atoms with Gasteiger partial charge >= 0.3 is 6.09 Å². The number of nitrogens with zero attached hydrogens (tertiary/aromatic N) is 3. The number of piperidine rings is 1. The van der Waals surface area contributed by atoms with E-state index in [1.54, 1.807) is 12.1 Å². The average molecular weight is 313 g/mol. The van der Waals surface area contributed by atoms with Gasteiger partial charge in [0.2, 0.25) is 0 Å². The number of amides is 1. The highest BCUT2D eigenvalue weighted by Crippen LogP contribution is 2.34. The van der Waals surface area contributed by atoms with Crippen LogP contribution in [-0.2, 0) is 0 Å². The molecule has 1 amide bonds. The Morgan fingerprint density at radius 1 is 1.45 bits per heavy atom. The molecule has 1 aromatic carbocycles. The average Bonchev–Trinajstić information content (AvgIpc) is 3.05. The highest BCUT2D eigenvalue weighted by atomic mass is 32.1. The van der Waals surface area contributed by atoms with E-state index in [1.807, 2.05) is 17.5 Å². The van der Waals surface area contributed by atoms with E-state index in [4.69, 9.17) is 5.26 Å². The first kappa shape index (κ1) is 14.5. The zero-order chi connectivity index (χ0) is 15.5. The van der Waals surface area contributed by atoms with E-state index in [-0.39, 0.29) is 6.04 Å². The van der Waals surface area contributed by atoms with Gasteiger partial charge in [-0.1, -0.05) is 12.1 Å². The molecule has 1 aromatic heterocycles. The van der Waals surface area contributed by atoms with Crippen LogP contribution in [0.5, 0.6) is 0 Å². The van der Waals surface area contributed by atoms with E-state index < -0.39 is 6.09 Å². The van der Waals surface area contributed by atoms with Crippen molar-refractivity contribution in [2.45, 2.75) is 25.3 Å². The van der Waals surface area contributed by atoms with Crippen molar-refractivity contribution in [1.29, 1.82) is 5.26 Å². The minimum Gasteiger partial charge on any atom is -0.465 e. The third kappa shape index (κ3) is 2.81. The molecule has 0 bridgehead atoms. The zero-order valence-corrected chi connectivity index (χ0v) is 12.7. The van der Waals surface area contributed by atoms with E-state index in [9.17, 15) is 9.90 Å². The Labute approximate surface area is 132 Å². The second-order valence-corrected chi connectivity index (χ2v) is 6.14. The van der Waals surface area contributed by atoms with E-state index in [2.05, 4.69) is 11.1 Å². The molecule has 0 radical (unpaired) electrons. The largest absolute Gasteiger partial charge is 0.465 e. The van der Waals surface area contributed by atoms with E-state index in [0.717, 1.165) is 35.5 Å². The van der Waals surface area contributed by atoms with Crippen molar-refractivity contribution in [3.63, 3.8) is 0 Å². The smallest absolute Gasteiger partial charge is 0.407 e. The number of carboxylic acid groups (broad SMARTS) is 1. The van der Waals surface area contributed by atoms with Crippen molar-refractivity contribution in [3.05, 3.63) is 40.2 Å². The normalized spacial score (nSPS) is 18.0. The second-order valence-electron chi connectivity index (χ2n) is 5.25. The van der Waals surface area contributed by atoms with Gasteiger partial charge in [-0.3, -0.25) is 4.90 Å². The zero-order valence-electron chi connectivity index (χ0n) is 11.9. The van der Waals surface area contributed by atoms with Crippen molar-refractivity contribution in [3.8, 4) is 17.3 Å². The fourth-order valence-corrected chi connectivity index (χ4v) is 3.71. The second kappa shape index (κ2) is 6.16. The van der Waals surface area contributed by atoms with Crippen LogP contribution in [0.25, 0.3) is 11.3 Å². The summed E-state index contributed by atoms with van der Waals surface area (Å²) in [6, 6.07) is 9.27. The molecule has 1 N–H and O–H groups in total. The predicted molar refractivity (Wildman–Crippen MR) is 83.6 cm³/mol. The maximum Gasteiger partial charge on any atom is 0.407 e. The van der Waals surface area contributed by atoms with Crippen LogP contribution in [-0.4, -0.2) is 27.6 Å². The number of carbonyl (C=O) groups is 1. The van der Waals surface area contributed by atoms with Crippen LogP contribution in [0.3, 0.4) is 0 Å². The lowest BCUT2D eigenvalue weighted by molar-refractivity contribution is 0.106. The number of hydrogen-bond donors (Lipinski definition) is 1. The lowest BCUT2D eigenvalue weighted by Crippen LogP contribution is -2.37. The van der Waals surface area contributed by atoms with Gasteiger partial charge in [0, 0.05) is 17.5 Å². The maximum atomic E-state index is 11.4. The third-order valence-electron chi connectivity index (χ3n) is 3.84. The molecule has 2 aromatic rings. The van der Waals surface area contributed by atoms with Gasteiger partial charge in [0.1, 0.15) is 5.01 Å². The lowest BCUT2D eigenvalue weighted by Gasteiger charge is -2.32. The molecule has 1 atom stereocenters. The van der Waals surface area contributed by atoms with Gasteiger partial charge in [0.05, 0.1) is 23.4 Å². The Balaban J connectivity index is 1.89. The summed E-state index contributed by atoms with van der Waals surface area (Å²) >= 11 is 1.49. The Kier molecular flexibility index (Phi) is 4.07. The Hall–Kier alpha value is -2.39. The first-order valence-corrected chi connectivity index (χ1v) is 8.02. The van der Waals surface area contributed by atoms with Crippen molar-refractivity contribution in [1.82, 2.24) is 9.88 Å². The van der Waals surface area contributed by atoms with Gasteiger partial charge < -0.3 is 5.11 Å². The summed E-state index contributed by atoms with van der Waals surface area (Å²) in [6.45, 7) is 0.568. The molecule has 0 unspecified atom stereocenters. The van der Waals surface area contributed by atoms with E-state index in [1.165, 1.54) is 16.2 Å². The quantitative estimate of drug-likeness (QED) is 0.912. The molecular formula is C16H15N3O2S. The van der Waals surface area contributed by atoms with Crippen LogP contribution in [0.2, 0.25) is 0 Å². The molecule has 1 saturated heterocycles. The summed E-state index contributed by atoms with van der Waals surface area (Å²) in [7, 11) is 0. The molecule has 0 saturated carbocycles. The highest BCUT2D eigenvalue weighted by Gasteiger charge is 2.29. The molecule has 6 heteroatoms. The van der Waals surface area contributed by atoms with Gasteiger partial charge in [0.25, 0.3) is 0 Å². The van der Waals surface area contributed by atoms with Crippen molar-refractivity contribution >= 4 is 17.4 Å². The van der Waals surface area contributed by atoms with Gasteiger partial charge in [-0.15, -0.1) is 11.3 Å². The number of aromatic nitrogens is 1. The van der Waals surface area contributed by atoms with Gasteiger partial charge in [-0.25, -0.2) is 9.78 Å². The SMILES string of the molecule is N#Cc1cccc(-c2csc([C@H]3CCCCN3C(=O)O)n2)c1. The van der Waals surface area contributed by atoms with Crippen molar-refractivity contribution < 1.29 is 9.90 Å². The molecule has 0 spiro atoms. The standard InChI is InChI=1S/C16H15N3O2S/c17-9-11-4-3-5-12(8-11)13-10-22-15(18-13)14-6-1-2-7-19(14)16(20)21/h3-5,8,10,14H,1-2,6-7H2,(H,20,21)/t14-/m1/s1. The molecular weight excluding hydrogens is 298 g/mol. The van der Waals surface area contributed by atoms with Crippen LogP contribution >= 0.6 is 11.3 Å². The molecule has 112 valence electrons. The summed E-state index contributed by atoms with van der Waals surface area (Å²) in [4.78, 5) is 17.5. The molecule has 5 nitrogen and oxygen atoms in total. The molecule has 1 fully saturated rings. The molecule has 3 rings (SSSR count). The number of benzene rings is 1. The topological polar surface area (TPSA) is 77.2 Å². The maximum absolute atomic E-state index is 11.4. The minimum atomic E-state index is -0.882. The summed E-state index contributed by atoms with van der Waals surface area (Å²) in [5, 5.41) is 21.1. The first-order valence-electron chi connectivity index (χ1n) is 7.14. The molecule has 1 aliphatic rings. The number of rotatable bonds is 2. The predicted octanol–water partition coefficient (Wildman–Crippen LogP) is 3.89. The first-order chi connectivity index (χ1) is 10.7. The Morgan fingerprint density at radius 3 is 3.09 bits per heavy atom. The number of nitriles is 1. The molecule has 1 aliphatic heterocycles. The Bertz CT molecular complexity index is 735. The van der Waals surface area contributed by atoms with Gasteiger partial charge in [0.15, 0.2) is 0 Å². The molecule has 22 heavy (non-hydrogen) atoms. The number of likely N-dealkylation sites (tertiary alicyclic amines) is 1. The van der Waals surface area contributed by atoms with E-state index >= 15 is 0 Å². The number of thiazole rings is 1. The van der Waals surface area contributed by atoms with Crippen LogP contribution in [0, 0.1) is 11.3 Å². The Morgan fingerprint density at radius 2 is 2.32 bits per heavy atom. The van der Waals surface area contributed by atoms with Crippen LogP contribution in [0.15, 0.2) is 29.6 Å². The molecule has 0 aliphatic carbocycles. The summed E-state index contributed by atoms with van der Waals surface area (Å²) in [5.74, 6) is 0.